The number of carbonyl (C=O) groups is 1. The van der Waals surface area contributed by atoms with Gasteiger partial charge in [-0.2, -0.15) is 18.3 Å². The van der Waals surface area contributed by atoms with Crippen LogP contribution < -0.4 is 5.32 Å². The maximum absolute atomic E-state index is 13.9. The summed E-state index contributed by atoms with van der Waals surface area (Å²) in [5.41, 5.74) is 0.731. The van der Waals surface area contributed by atoms with Crippen LogP contribution in [-0.4, -0.2) is 58.8 Å². The Morgan fingerprint density at radius 2 is 1.94 bits per heavy atom. The van der Waals surface area contributed by atoms with Gasteiger partial charge >= 0.3 is 6.18 Å². The molecule has 1 aliphatic rings. The van der Waals surface area contributed by atoms with Crippen LogP contribution in [0.2, 0.25) is 0 Å². The summed E-state index contributed by atoms with van der Waals surface area (Å²) < 4.78 is 41.6. The van der Waals surface area contributed by atoms with Gasteiger partial charge in [0.1, 0.15) is 0 Å². The van der Waals surface area contributed by atoms with Gasteiger partial charge in [0, 0.05) is 42.7 Å². The molecular formula is C24H28F3N5O. The lowest BCUT2D eigenvalue weighted by molar-refractivity contribution is -0.194. The van der Waals surface area contributed by atoms with Gasteiger partial charge in [-0.1, -0.05) is 6.07 Å². The number of alkyl halides is 3. The molecule has 9 heteroatoms. The summed E-state index contributed by atoms with van der Waals surface area (Å²) in [5, 5.41) is 10.9. The zero-order valence-corrected chi connectivity index (χ0v) is 18.7. The second-order valence-electron chi connectivity index (χ2n) is 9.11. The molecule has 0 aliphatic heterocycles. The highest BCUT2D eigenvalue weighted by molar-refractivity contribution is 5.78. The molecule has 0 saturated heterocycles. The molecule has 2 N–H and O–H groups in total. The van der Waals surface area contributed by atoms with Gasteiger partial charge in [-0.3, -0.25) is 14.9 Å². The molecule has 1 aromatic carbocycles. The van der Waals surface area contributed by atoms with Gasteiger partial charge in [0.05, 0.1) is 17.1 Å². The van der Waals surface area contributed by atoms with Crippen molar-refractivity contribution in [3.8, 4) is 0 Å². The van der Waals surface area contributed by atoms with Crippen molar-refractivity contribution in [2.24, 2.45) is 5.41 Å². The van der Waals surface area contributed by atoms with Crippen molar-refractivity contribution in [1.82, 2.24) is 25.4 Å². The van der Waals surface area contributed by atoms with E-state index in [0.29, 0.717) is 18.5 Å². The van der Waals surface area contributed by atoms with Crippen LogP contribution in [-0.2, 0) is 11.2 Å². The van der Waals surface area contributed by atoms with Crippen LogP contribution in [0.15, 0.2) is 48.9 Å². The van der Waals surface area contributed by atoms with Gasteiger partial charge in [0.15, 0.2) is 0 Å². The summed E-state index contributed by atoms with van der Waals surface area (Å²) in [6, 6.07) is 9.19. The van der Waals surface area contributed by atoms with Gasteiger partial charge in [0.25, 0.3) is 0 Å². The molecule has 2 heterocycles. The fourth-order valence-electron chi connectivity index (χ4n) is 4.51. The predicted octanol–water partition coefficient (Wildman–Crippen LogP) is 4.06. The van der Waals surface area contributed by atoms with Gasteiger partial charge in [0.2, 0.25) is 5.91 Å². The van der Waals surface area contributed by atoms with Crippen LogP contribution in [0.4, 0.5) is 13.2 Å². The second-order valence-corrected chi connectivity index (χ2v) is 9.11. The first kappa shape index (κ1) is 23.2. The first-order valence-corrected chi connectivity index (χ1v) is 11.0. The summed E-state index contributed by atoms with van der Waals surface area (Å²) >= 11 is 0. The van der Waals surface area contributed by atoms with Crippen LogP contribution in [0, 0.1) is 5.41 Å². The molecule has 0 spiro atoms. The molecule has 1 fully saturated rings. The van der Waals surface area contributed by atoms with E-state index < -0.39 is 17.5 Å². The van der Waals surface area contributed by atoms with Gasteiger partial charge in [-0.25, -0.2) is 0 Å². The number of benzene rings is 1. The van der Waals surface area contributed by atoms with Gasteiger partial charge in [-0.15, -0.1) is 0 Å². The Bertz CT molecular complexity index is 1090. The third-order valence-electron chi connectivity index (χ3n) is 6.76. The first-order valence-electron chi connectivity index (χ1n) is 11.0. The number of aromatic nitrogens is 3. The molecule has 33 heavy (non-hydrogen) atoms. The van der Waals surface area contributed by atoms with Crippen molar-refractivity contribution in [2.45, 2.75) is 43.8 Å². The molecule has 1 unspecified atom stereocenters. The third-order valence-corrected chi connectivity index (χ3v) is 6.76. The van der Waals surface area contributed by atoms with E-state index in [0.717, 1.165) is 16.5 Å². The zero-order valence-electron chi connectivity index (χ0n) is 18.7. The number of pyridine rings is 1. The lowest BCUT2D eigenvalue weighted by atomic mass is 9.80. The first-order chi connectivity index (χ1) is 15.7. The summed E-state index contributed by atoms with van der Waals surface area (Å²) in [4.78, 5) is 18.7. The highest BCUT2D eigenvalue weighted by Crippen LogP contribution is 2.66. The number of nitrogens with one attached hydrogen (secondary N) is 2. The molecule has 4 rings (SSSR count). The molecule has 0 radical (unpaired) electrons. The molecular weight excluding hydrogens is 431 g/mol. The fraction of sp³-hybridized carbons (Fsp3) is 0.458. The Morgan fingerprint density at radius 1 is 1.21 bits per heavy atom. The SMILES string of the molecule is CN(C)[C@H](CNC(=O)CC(c1ccncc1)C1(C(F)(F)F)CC1)Cc1ccc2[nH]ncc2c1. The predicted molar refractivity (Wildman–Crippen MR) is 120 cm³/mol. The molecule has 0 bridgehead atoms. The van der Waals surface area contributed by atoms with Crippen molar-refractivity contribution in [2.75, 3.05) is 20.6 Å². The maximum Gasteiger partial charge on any atom is 0.395 e. The third kappa shape index (κ3) is 5.03. The van der Waals surface area contributed by atoms with Crippen molar-refractivity contribution >= 4 is 16.8 Å². The fourth-order valence-corrected chi connectivity index (χ4v) is 4.51. The topological polar surface area (TPSA) is 73.9 Å². The number of halogens is 3. The Morgan fingerprint density at radius 3 is 2.58 bits per heavy atom. The van der Waals surface area contributed by atoms with E-state index >= 15 is 0 Å². The number of H-pyrrole nitrogens is 1. The van der Waals surface area contributed by atoms with E-state index in [-0.39, 0.29) is 31.2 Å². The maximum atomic E-state index is 13.9. The monoisotopic (exact) mass is 459 g/mol. The minimum absolute atomic E-state index is 0.00447. The van der Waals surface area contributed by atoms with E-state index in [1.165, 1.54) is 12.4 Å². The minimum atomic E-state index is -4.35. The summed E-state index contributed by atoms with van der Waals surface area (Å²) in [6.45, 7) is 0.345. The molecule has 1 saturated carbocycles. The Kier molecular flexibility index (Phi) is 6.43. The quantitative estimate of drug-likeness (QED) is 0.506. The summed E-state index contributed by atoms with van der Waals surface area (Å²) in [6.07, 6.45) is 0.954. The lowest BCUT2D eigenvalue weighted by Crippen LogP contribution is -2.42. The zero-order chi connectivity index (χ0) is 23.6. The lowest BCUT2D eigenvalue weighted by Gasteiger charge is -2.30. The average Bonchev–Trinajstić information content (AvgIpc) is 3.47. The highest BCUT2D eigenvalue weighted by Gasteiger charge is 2.67. The number of carbonyl (C=O) groups excluding carboxylic acids is 1. The number of fused-ring (bicyclic) bond motifs is 1. The smallest absolute Gasteiger partial charge is 0.355 e. The highest BCUT2D eigenvalue weighted by atomic mass is 19.4. The van der Waals surface area contributed by atoms with Crippen molar-refractivity contribution in [3.05, 3.63) is 60.0 Å². The van der Waals surface area contributed by atoms with E-state index in [2.05, 4.69) is 26.6 Å². The van der Waals surface area contributed by atoms with E-state index in [4.69, 9.17) is 0 Å². The molecule has 3 aromatic rings. The summed E-state index contributed by atoms with van der Waals surface area (Å²) in [7, 11) is 3.85. The number of rotatable bonds is 9. The van der Waals surface area contributed by atoms with Crippen LogP contribution in [0.1, 0.15) is 36.3 Å². The molecule has 1 aliphatic carbocycles. The van der Waals surface area contributed by atoms with Crippen molar-refractivity contribution in [1.29, 1.82) is 0 Å². The van der Waals surface area contributed by atoms with Crippen molar-refractivity contribution in [3.63, 3.8) is 0 Å². The summed E-state index contributed by atoms with van der Waals surface area (Å²) in [5.74, 6) is -1.29. The Hall–Kier alpha value is -2.94. The number of hydrogen-bond acceptors (Lipinski definition) is 4. The van der Waals surface area contributed by atoms with E-state index in [1.54, 1.807) is 18.3 Å². The standard InChI is InChI=1S/C24H28F3N5O/c1-32(2)19(12-16-3-4-21-18(11-16)14-30-31-21)15-29-22(33)13-20(17-5-9-28-10-6-17)23(7-8-23)24(25,26)27/h3-6,9-11,14,19-20H,7-8,12-13,15H2,1-2H3,(H,29,33)(H,30,31)/t19-,20?/m0/s1. The second kappa shape index (κ2) is 9.13. The van der Waals surface area contributed by atoms with Crippen LogP contribution >= 0.6 is 0 Å². The van der Waals surface area contributed by atoms with E-state index in [1.807, 2.05) is 31.1 Å². The molecule has 176 valence electrons. The van der Waals surface area contributed by atoms with Gasteiger partial charge < -0.3 is 10.2 Å². The normalized spacial score (nSPS) is 17.2. The molecule has 2 aromatic heterocycles. The molecule has 1 amide bonds. The Labute approximate surface area is 190 Å². The van der Waals surface area contributed by atoms with Crippen LogP contribution in [0.25, 0.3) is 10.9 Å². The average molecular weight is 460 g/mol. The number of nitrogens with zero attached hydrogens (tertiary/aromatic N) is 3. The molecule has 6 nitrogen and oxygen atoms in total. The van der Waals surface area contributed by atoms with Crippen LogP contribution in [0.3, 0.4) is 0 Å². The molecule has 2 atom stereocenters. The van der Waals surface area contributed by atoms with Gasteiger partial charge in [-0.05, 0) is 68.8 Å². The number of hydrogen-bond donors (Lipinski definition) is 2. The van der Waals surface area contributed by atoms with Crippen molar-refractivity contribution < 1.29 is 18.0 Å². The van der Waals surface area contributed by atoms with E-state index in [9.17, 15) is 18.0 Å². The number of likely N-dealkylation sites (N-methyl/N-ethyl adjacent to an activating group) is 1. The Balaban J connectivity index is 1.43. The number of aromatic amines is 1. The largest absolute Gasteiger partial charge is 0.395 e. The van der Waals surface area contributed by atoms with Crippen LogP contribution in [0.5, 0.6) is 0 Å². The minimum Gasteiger partial charge on any atom is -0.355 e. The number of amides is 1.